The van der Waals surface area contributed by atoms with E-state index in [1.54, 1.807) is 11.2 Å². The molecular formula is C51H56N10O5. The Hall–Kier alpha value is -6.74. The number of imide groups is 1. The Bertz CT molecular complexity index is 2830. The highest BCUT2D eigenvalue weighted by Gasteiger charge is 2.39. The lowest BCUT2D eigenvalue weighted by molar-refractivity contribution is -0.136. The van der Waals surface area contributed by atoms with Gasteiger partial charge in [-0.1, -0.05) is 62.3 Å². The molecule has 0 aliphatic carbocycles. The summed E-state index contributed by atoms with van der Waals surface area (Å²) in [5, 5.41) is 10.2. The molecule has 1 atom stereocenters. The molecule has 0 bridgehead atoms. The maximum absolute atomic E-state index is 13.2. The van der Waals surface area contributed by atoms with E-state index < -0.39 is 11.9 Å². The normalized spacial score (nSPS) is 18.8. The van der Waals surface area contributed by atoms with Crippen molar-refractivity contribution in [2.24, 2.45) is 5.92 Å². The molecule has 3 aromatic heterocycles. The number of carbonyl (C=O) groups is 4. The number of rotatable bonds is 10. The summed E-state index contributed by atoms with van der Waals surface area (Å²) in [7, 11) is 0. The van der Waals surface area contributed by atoms with Gasteiger partial charge in [0.15, 0.2) is 5.82 Å². The van der Waals surface area contributed by atoms with Crippen LogP contribution in [0.1, 0.15) is 114 Å². The fraction of sp³-hybridized carbons (Fsp3) is 0.412. The van der Waals surface area contributed by atoms with E-state index in [4.69, 9.17) is 9.51 Å². The number of benzene rings is 3. The van der Waals surface area contributed by atoms with Crippen molar-refractivity contribution in [3.8, 4) is 22.5 Å². The summed E-state index contributed by atoms with van der Waals surface area (Å²) in [5.41, 5.74) is 10.5. The first kappa shape index (κ1) is 43.2. The zero-order valence-corrected chi connectivity index (χ0v) is 38.0. The standard InChI is InChI=1S/C51H56N10O5/c1-30-23-35(9-10-36(30)26-52-47(64)48-57-50(58-66-48)51(2,3)4)44-40-25-41(55-45(40)54-29-53-44)34-7-5-32(6-8-34)33-17-19-59(20-18-33)27-31-15-21-60(22-16-31)38-11-12-39-37(24-38)28-61(49(39)65)42-13-14-43(62)56-46(42)63/h5-12,23-25,29,31,33,42H,13-22,26-28H2,1-4H3,(H,52,64)(H,53,54,55)(H,56,62,63). The second kappa shape index (κ2) is 17.6. The minimum atomic E-state index is -0.595. The number of aromatic nitrogens is 5. The highest BCUT2D eigenvalue weighted by Crippen LogP contribution is 2.36. The van der Waals surface area contributed by atoms with E-state index in [2.05, 4.69) is 83.0 Å². The van der Waals surface area contributed by atoms with Gasteiger partial charge in [0.05, 0.1) is 5.69 Å². The van der Waals surface area contributed by atoms with E-state index >= 15 is 0 Å². The molecule has 7 heterocycles. The number of hydrogen-bond donors (Lipinski definition) is 3. The number of anilines is 1. The molecule has 15 heteroatoms. The van der Waals surface area contributed by atoms with Gasteiger partial charge in [0, 0.05) is 72.5 Å². The van der Waals surface area contributed by atoms with Crippen LogP contribution in [0.15, 0.2) is 77.6 Å². The van der Waals surface area contributed by atoms with Crippen LogP contribution in [0.2, 0.25) is 0 Å². The van der Waals surface area contributed by atoms with E-state index in [9.17, 15) is 19.2 Å². The molecule has 66 heavy (non-hydrogen) atoms. The summed E-state index contributed by atoms with van der Waals surface area (Å²) in [6, 6.07) is 22.8. The molecule has 6 aromatic rings. The average Bonchev–Trinajstić information content (AvgIpc) is 4.07. The third-order valence-electron chi connectivity index (χ3n) is 14.1. The second-order valence-corrected chi connectivity index (χ2v) is 19.5. The molecule has 15 nitrogen and oxygen atoms in total. The fourth-order valence-corrected chi connectivity index (χ4v) is 10.1. The Kier molecular flexibility index (Phi) is 11.5. The number of amides is 4. The number of piperidine rings is 3. The van der Waals surface area contributed by atoms with Crippen LogP contribution in [0.5, 0.6) is 0 Å². The number of fused-ring (bicyclic) bond motifs is 2. The molecule has 10 rings (SSSR count). The van der Waals surface area contributed by atoms with Crippen molar-refractivity contribution in [3.63, 3.8) is 0 Å². The molecule has 3 fully saturated rings. The van der Waals surface area contributed by atoms with E-state index in [0.29, 0.717) is 42.7 Å². The summed E-state index contributed by atoms with van der Waals surface area (Å²) >= 11 is 0. The van der Waals surface area contributed by atoms with Crippen LogP contribution in [0.3, 0.4) is 0 Å². The molecule has 1 unspecified atom stereocenters. The summed E-state index contributed by atoms with van der Waals surface area (Å²) in [6.07, 6.45) is 6.79. The van der Waals surface area contributed by atoms with Crippen LogP contribution < -0.4 is 15.5 Å². The van der Waals surface area contributed by atoms with Gasteiger partial charge < -0.3 is 29.5 Å². The van der Waals surface area contributed by atoms with Gasteiger partial charge in [-0.05, 0) is 122 Å². The number of likely N-dealkylation sites (tertiary alicyclic amines) is 1. The largest absolute Gasteiger partial charge is 0.372 e. The van der Waals surface area contributed by atoms with Gasteiger partial charge in [-0.2, -0.15) is 4.98 Å². The maximum atomic E-state index is 13.2. The van der Waals surface area contributed by atoms with Gasteiger partial charge in [-0.15, -0.1) is 0 Å². The Labute approximate surface area is 383 Å². The van der Waals surface area contributed by atoms with Crippen molar-refractivity contribution in [2.45, 2.75) is 96.7 Å². The van der Waals surface area contributed by atoms with E-state index in [0.717, 1.165) is 114 Å². The molecule has 4 amide bonds. The highest BCUT2D eigenvalue weighted by molar-refractivity contribution is 6.05. The van der Waals surface area contributed by atoms with Gasteiger partial charge in [-0.3, -0.25) is 24.5 Å². The van der Waals surface area contributed by atoms with Crippen molar-refractivity contribution in [1.29, 1.82) is 0 Å². The van der Waals surface area contributed by atoms with Crippen molar-refractivity contribution < 1.29 is 23.7 Å². The summed E-state index contributed by atoms with van der Waals surface area (Å²) in [5.74, 6) is 0.459. The second-order valence-electron chi connectivity index (χ2n) is 19.5. The Balaban J connectivity index is 0.704. The zero-order valence-electron chi connectivity index (χ0n) is 38.0. The molecule has 3 saturated heterocycles. The van der Waals surface area contributed by atoms with Crippen molar-refractivity contribution in [2.75, 3.05) is 37.6 Å². The number of carbonyl (C=O) groups excluding carboxylic acids is 4. The molecular weight excluding hydrogens is 833 g/mol. The Morgan fingerprint density at radius 1 is 0.879 bits per heavy atom. The van der Waals surface area contributed by atoms with Crippen LogP contribution in [-0.4, -0.2) is 97.3 Å². The third kappa shape index (κ3) is 8.71. The van der Waals surface area contributed by atoms with Crippen molar-refractivity contribution >= 4 is 40.3 Å². The first-order valence-corrected chi connectivity index (χ1v) is 23.3. The third-order valence-corrected chi connectivity index (χ3v) is 14.1. The minimum absolute atomic E-state index is 0.0442. The molecule has 4 aliphatic heterocycles. The lowest BCUT2D eigenvalue weighted by Gasteiger charge is -2.38. The molecule has 0 radical (unpaired) electrons. The van der Waals surface area contributed by atoms with E-state index in [1.165, 1.54) is 5.56 Å². The SMILES string of the molecule is Cc1cc(-c2ncnc3[nH]c(-c4ccc(C5CCN(CC6CCN(c7ccc8c(c7)CN(C7CCC(=O)NC7=O)C8=O)CC6)CC5)cc4)cc23)ccc1CNC(=O)c1nc(C(C)(C)C)no1. The average molecular weight is 889 g/mol. The van der Waals surface area contributed by atoms with Gasteiger partial charge in [0.25, 0.3) is 5.91 Å². The molecule has 0 saturated carbocycles. The number of nitrogens with zero attached hydrogens (tertiary/aromatic N) is 7. The predicted octanol–water partition coefficient (Wildman–Crippen LogP) is 7.07. The van der Waals surface area contributed by atoms with Gasteiger partial charge in [0.1, 0.15) is 18.0 Å². The highest BCUT2D eigenvalue weighted by atomic mass is 16.5. The van der Waals surface area contributed by atoms with Crippen LogP contribution in [0.25, 0.3) is 33.5 Å². The van der Waals surface area contributed by atoms with Crippen LogP contribution >= 0.6 is 0 Å². The molecule has 4 aliphatic rings. The number of aromatic amines is 1. The van der Waals surface area contributed by atoms with Crippen molar-refractivity contribution in [1.82, 2.24) is 45.5 Å². The molecule has 0 spiro atoms. The summed E-state index contributed by atoms with van der Waals surface area (Å²) in [4.78, 5) is 73.9. The summed E-state index contributed by atoms with van der Waals surface area (Å²) in [6.45, 7) is 14.0. The van der Waals surface area contributed by atoms with Gasteiger partial charge >= 0.3 is 11.8 Å². The van der Waals surface area contributed by atoms with Crippen LogP contribution in [-0.2, 0) is 28.1 Å². The predicted molar refractivity (Wildman–Crippen MR) is 250 cm³/mol. The zero-order chi connectivity index (χ0) is 45.7. The lowest BCUT2D eigenvalue weighted by atomic mass is 9.87. The maximum Gasteiger partial charge on any atom is 0.315 e. The first-order valence-electron chi connectivity index (χ1n) is 23.3. The monoisotopic (exact) mass is 888 g/mol. The quantitative estimate of drug-likeness (QED) is 0.120. The minimum Gasteiger partial charge on any atom is -0.372 e. The van der Waals surface area contributed by atoms with E-state index in [-0.39, 0.29) is 35.4 Å². The lowest BCUT2D eigenvalue weighted by Crippen LogP contribution is -2.52. The van der Waals surface area contributed by atoms with Crippen LogP contribution in [0.4, 0.5) is 5.69 Å². The van der Waals surface area contributed by atoms with Gasteiger partial charge in [0.2, 0.25) is 11.8 Å². The number of H-pyrrole nitrogens is 1. The Morgan fingerprint density at radius 3 is 2.38 bits per heavy atom. The topological polar surface area (TPSA) is 183 Å². The molecule has 340 valence electrons. The smallest absolute Gasteiger partial charge is 0.315 e. The van der Waals surface area contributed by atoms with E-state index in [1.807, 2.05) is 52.0 Å². The summed E-state index contributed by atoms with van der Waals surface area (Å²) < 4.78 is 5.21. The molecule has 3 N–H and O–H groups in total. The van der Waals surface area contributed by atoms with Gasteiger partial charge in [-0.25, -0.2) is 9.97 Å². The molecule has 3 aromatic carbocycles. The number of aryl methyl sites for hydroxylation is 1. The first-order chi connectivity index (χ1) is 31.8. The van der Waals surface area contributed by atoms with Crippen molar-refractivity contribution in [3.05, 3.63) is 113 Å². The fourth-order valence-electron chi connectivity index (χ4n) is 10.1. The Morgan fingerprint density at radius 2 is 1.65 bits per heavy atom. The van der Waals surface area contributed by atoms with Crippen LogP contribution in [0, 0.1) is 12.8 Å². The number of hydrogen-bond acceptors (Lipinski definition) is 11. The number of nitrogens with one attached hydrogen (secondary N) is 3.